The highest BCUT2D eigenvalue weighted by Crippen LogP contribution is 2.32. The number of carbonyl (C=O) groups is 1. The third-order valence-corrected chi connectivity index (χ3v) is 4.19. The van der Waals surface area contributed by atoms with Gasteiger partial charge in [0.25, 0.3) is 0 Å². The minimum Gasteiger partial charge on any atom is -0.481 e. The highest BCUT2D eigenvalue weighted by Gasteiger charge is 2.13. The number of aliphatic carboxylic acids is 1. The Morgan fingerprint density at radius 2 is 2.06 bits per heavy atom. The third-order valence-electron chi connectivity index (χ3n) is 2.06. The van der Waals surface area contributed by atoms with Gasteiger partial charge in [0.2, 0.25) is 0 Å². The number of carboxylic acid groups (broad SMARTS) is 1. The molecule has 0 unspecified atom stereocenters. The van der Waals surface area contributed by atoms with E-state index in [1.807, 2.05) is 12.1 Å². The van der Waals surface area contributed by atoms with E-state index < -0.39 is 5.97 Å². The zero-order chi connectivity index (χ0) is 12.4. The number of rotatable bonds is 3. The second-order valence-electron chi connectivity index (χ2n) is 3.32. The molecule has 1 heterocycles. The molecule has 1 N–H and O–H groups in total. The molecule has 0 saturated heterocycles. The average molecular weight is 333 g/mol. The third kappa shape index (κ3) is 3.06. The predicted molar refractivity (Wildman–Crippen MR) is 71.6 cm³/mol. The van der Waals surface area contributed by atoms with Crippen LogP contribution in [-0.2, 0) is 11.2 Å². The van der Waals surface area contributed by atoms with Gasteiger partial charge in [-0.3, -0.25) is 4.79 Å². The van der Waals surface area contributed by atoms with Crippen LogP contribution in [0.15, 0.2) is 28.1 Å². The molecule has 2 aromatic rings. The van der Waals surface area contributed by atoms with Gasteiger partial charge in [0, 0.05) is 10.6 Å². The van der Waals surface area contributed by atoms with Crippen molar-refractivity contribution in [2.24, 2.45) is 0 Å². The first-order valence-electron chi connectivity index (χ1n) is 4.69. The Bertz CT molecular complexity index is 553. The van der Waals surface area contributed by atoms with E-state index in [9.17, 15) is 4.79 Å². The van der Waals surface area contributed by atoms with E-state index in [1.54, 1.807) is 12.1 Å². The lowest BCUT2D eigenvalue weighted by Crippen LogP contribution is -2.00. The fourth-order valence-corrected chi connectivity index (χ4v) is 2.93. The van der Waals surface area contributed by atoms with Crippen molar-refractivity contribution in [1.29, 1.82) is 0 Å². The number of halogens is 2. The van der Waals surface area contributed by atoms with Gasteiger partial charge in [-0.2, -0.15) is 0 Å². The van der Waals surface area contributed by atoms with Crippen LogP contribution in [0.3, 0.4) is 0 Å². The summed E-state index contributed by atoms with van der Waals surface area (Å²) in [4.78, 5) is 14.9. The predicted octanol–water partition coefficient (Wildman–Crippen LogP) is 3.85. The molecule has 0 fully saturated rings. The van der Waals surface area contributed by atoms with Gasteiger partial charge in [-0.25, -0.2) is 4.98 Å². The number of nitrogens with zero attached hydrogens (tertiary/aromatic N) is 1. The monoisotopic (exact) mass is 331 g/mol. The zero-order valence-electron chi connectivity index (χ0n) is 8.48. The zero-order valence-corrected chi connectivity index (χ0v) is 11.6. The van der Waals surface area contributed by atoms with Crippen molar-refractivity contribution in [3.8, 4) is 10.6 Å². The van der Waals surface area contributed by atoms with E-state index in [2.05, 4.69) is 20.9 Å². The van der Waals surface area contributed by atoms with Crippen molar-refractivity contribution < 1.29 is 9.90 Å². The number of aromatic nitrogens is 1. The Labute approximate surface area is 115 Å². The molecule has 6 heteroatoms. The van der Waals surface area contributed by atoms with Crippen LogP contribution >= 0.6 is 38.9 Å². The van der Waals surface area contributed by atoms with E-state index >= 15 is 0 Å². The van der Waals surface area contributed by atoms with Crippen LogP contribution < -0.4 is 0 Å². The second-order valence-corrected chi connectivity index (χ2v) is 6.07. The van der Waals surface area contributed by atoms with Crippen molar-refractivity contribution in [1.82, 2.24) is 4.98 Å². The van der Waals surface area contributed by atoms with Crippen LogP contribution in [0.2, 0.25) is 5.02 Å². The summed E-state index contributed by atoms with van der Waals surface area (Å²) in [5, 5.41) is 10.2. The summed E-state index contributed by atoms with van der Waals surface area (Å²) in [6, 6.07) is 7.28. The highest BCUT2D eigenvalue weighted by molar-refractivity contribution is 9.11. The molecule has 88 valence electrons. The Morgan fingerprint density at radius 1 is 1.41 bits per heavy atom. The van der Waals surface area contributed by atoms with Gasteiger partial charge < -0.3 is 5.11 Å². The standard InChI is InChI=1S/C11H7BrClNO2S/c12-10-8(5-9(15)16)14-11(17-10)6-1-3-7(13)4-2-6/h1-4H,5H2,(H,15,16). The molecule has 0 spiro atoms. The van der Waals surface area contributed by atoms with Crippen LogP contribution in [0.5, 0.6) is 0 Å². The highest BCUT2D eigenvalue weighted by atomic mass is 79.9. The Hall–Kier alpha value is -0.910. The van der Waals surface area contributed by atoms with Gasteiger partial charge >= 0.3 is 5.97 Å². The Morgan fingerprint density at radius 3 is 2.65 bits per heavy atom. The molecule has 0 amide bonds. The summed E-state index contributed by atoms with van der Waals surface area (Å²) >= 11 is 10.5. The Kier molecular flexibility index (Phi) is 3.81. The van der Waals surface area contributed by atoms with Crippen LogP contribution in [0.4, 0.5) is 0 Å². The topological polar surface area (TPSA) is 50.2 Å². The van der Waals surface area contributed by atoms with E-state index in [-0.39, 0.29) is 6.42 Å². The lowest BCUT2D eigenvalue weighted by Gasteiger charge is -1.95. The first-order chi connectivity index (χ1) is 8.06. The number of thiazole rings is 1. The fraction of sp³-hybridized carbons (Fsp3) is 0.0909. The van der Waals surface area contributed by atoms with E-state index in [0.717, 1.165) is 14.4 Å². The molecule has 0 aliphatic heterocycles. The van der Waals surface area contributed by atoms with Crippen molar-refractivity contribution in [3.63, 3.8) is 0 Å². The first kappa shape index (κ1) is 12.5. The van der Waals surface area contributed by atoms with Crippen LogP contribution in [0, 0.1) is 0 Å². The van der Waals surface area contributed by atoms with Gasteiger partial charge in [0.05, 0.1) is 15.9 Å². The molecule has 0 aliphatic carbocycles. The summed E-state index contributed by atoms with van der Waals surface area (Å²) in [5.41, 5.74) is 1.48. The summed E-state index contributed by atoms with van der Waals surface area (Å²) in [5.74, 6) is -0.890. The van der Waals surface area contributed by atoms with Gasteiger partial charge in [-0.1, -0.05) is 23.7 Å². The summed E-state index contributed by atoms with van der Waals surface area (Å²) in [7, 11) is 0. The van der Waals surface area contributed by atoms with E-state index in [4.69, 9.17) is 16.7 Å². The molecule has 0 radical (unpaired) electrons. The molecule has 17 heavy (non-hydrogen) atoms. The maximum absolute atomic E-state index is 10.6. The number of benzene rings is 1. The normalized spacial score (nSPS) is 10.5. The molecule has 0 bridgehead atoms. The van der Waals surface area contributed by atoms with Gasteiger partial charge in [-0.05, 0) is 28.1 Å². The summed E-state index contributed by atoms with van der Waals surface area (Å²) in [6.45, 7) is 0. The maximum Gasteiger partial charge on any atom is 0.309 e. The van der Waals surface area contributed by atoms with Crippen molar-refractivity contribution >= 4 is 44.8 Å². The molecule has 3 nitrogen and oxygen atoms in total. The molecule has 0 atom stereocenters. The lowest BCUT2D eigenvalue weighted by atomic mass is 10.2. The van der Waals surface area contributed by atoms with Crippen LogP contribution in [-0.4, -0.2) is 16.1 Å². The lowest BCUT2D eigenvalue weighted by molar-refractivity contribution is -0.136. The van der Waals surface area contributed by atoms with Gasteiger partial charge in [0.15, 0.2) is 0 Å². The summed E-state index contributed by atoms with van der Waals surface area (Å²) < 4.78 is 0.754. The van der Waals surface area contributed by atoms with E-state index in [1.165, 1.54) is 11.3 Å². The van der Waals surface area contributed by atoms with Gasteiger partial charge in [0.1, 0.15) is 5.01 Å². The molecular formula is C11H7BrClNO2S. The largest absolute Gasteiger partial charge is 0.481 e. The quantitative estimate of drug-likeness (QED) is 0.928. The number of hydrogen-bond acceptors (Lipinski definition) is 3. The minimum atomic E-state index is -0.890. The van der Waals surface area contributed by atoms with Crippen LogP contribution in [0.25, 0.3) is 10.6 Å². The van der Waals surface area contributed by atoms with E-state index in [0.29, 0.717) is 10.7 Å². The smallest absolute Gasteiger partial charge is 0.309 e. The fourth-order valence-electron chi connectivity index (χ4n) is 1.30. The van der Waals surface area contributed by atoms with Crippen molar-refractivity contribution in [2.45, 2.75) is 6.42 Å². The SMILES string of the molecule is O=C(O)Cc1nc(-c2ccc(Cl)cc2)sc1Br. The molecule has 1 aromatic carbocycles. The van der Waals surface area contributed by atoms with Gasteiger partial charge in [-0.15, -0.1) is 11.3 Å². The van der Waals surface area contributed by atoms with Crippen molar-refractivity contribution in [2.75, 3.05) is 0 Å². The first-order valence-corrected chi connectivity index (χ1v) is 6.68. The average Bonchev–Trinajstić information content (AvgIpc) is 2.60. The second kappa shape index (κ2) is 5.16. The summed E-state index contributed by atoms with van der Waals surface area (Å²) in [6.07, 6.45) is -0.0787. The number of hydrogen-bond donors (Lipinski definition) is 1. The maximum atomic E-state index is 10.6. The van der Waals surface area contributed by atoms with Crippen LogP contribution in [0.1, 0.15) is 5.69 Å². The molecule has 2 rings (SSSR count). The minimum absolute atomic E-state index is 0.0787. The molecule has 1 aromatic heterocycles. The van der Waals surface area contributed by atoms with Crippen molar-refractivity contribution in [3.05, 3.63) is 38.8 Å². The molecule has 0 aliphatic rings. The molecular weight excluding hydrogens is 326 g/mol. The molecule has 0 saturated carbocycles. The number of carboxylic acids is 1. The Balaban J connectivity index is 2.34.